The molecule has 1 heterocycles. The van der Waals surface area contributed by atoms with Crippen LogP contribution in [0.5, 0.6) is 0 Å². The van der Waals surface area contributed by atoms with E-state index in [1.54, 1.807) is 26.0 Å². The zero-order chi connectivity index (χ0) is 20.8. The average Bonchev–Trinajstić information content (AvgIpc) is 2.67. The fourth-order valence-corrected chi connectivity index (χ4v) is 3.56. The van der Waals surface area contributed by atoms with E-state index in [-0.39, 0.29) is 23.3 Å². The normalized spacial score (nSPS) is 11.9. The fraction of sp³-hybridized carbons (Fsp3) is 0.429. The van der Waals surface area contributed by atoms with E-state index >= 15 is 0 Å². The van der Waals surface area contributed by atoms with Gasteiger partial charge in [-0.1, -0.05) is 32.4 Å². The summed E-state index contributed by atoms with van der Waals surface area (Å²) in [6.45, 7) is 8.16. The van der Waals surface area contributed by atoms with Crippen molar-refractivity contribution in [2.75, 3.05) is 12.0 Å². The van der Waals surface area contributed by atoms with E-state index in [0.29, 0.717) is 27.8 Å². The Balaban J connectivity index is 2.42. The number of hydrogen-bond acceptors (Lipinski definition) is 3. The third-order valence-electron chi connectivity index (χ3n) is 4.69. The number of aromatic nitrogens is 1. The van der Waals surface area contributed by atoms with Gasteiger partial charge in [0.15, 0.2) is 0 Å². The maximum Gasteiger partial charge on any atom is 0.283 e. The Hall–Kier alpha value is -2.15. The predicted molar refractivity (Wildman–Crippen MR) is 114 cm³/mol. The third-order valence-corrected chi connectivity index (χ3v) is 5.63. The summed E-state index contributed by atoms with van der Waals surface area (Å²) in [5.74, 6) is -0.569. The molecule has 1 unspecified atom stereocenters. The smallest absolute Gasteiger partial charge is 0.283 e. The van der Waals surface area contributed by atoms with Gasteiger partial charge in [0.1, 0.15) is 5.82 Å². The molecule has 2 rings (SSSR count). The highest BCUT2D eigenvalue weighted by Crippen LogP contribution is 2.23. The minimum atomic E-state index is -0.310. The van der Waals surface area contributed by atoms with E-state index in [4.69, 9.17) is 0 Å². The fourth-order valence-electron chi connectivity index (χ4n) is 3.19. The van der Waals surface area contributed by atoms with Crippen molar-refractivity contribution in [2.24, 2.45) is 0 Å². The van der Waals surface area contributed by atoms with Crippen LogP contribution in [0.25, 0.3) is 0 Å². The minimum absolute atomic E-state index is 0.219. The van der Waals surface area contributed by atoms with Gasteiger partial charge in [-0.15, -0.1) is 0 Å². The van der Waals surface area contributed by atoms with Crippen LogP contribution in [0.3, 0.4) is 0 Å². The first kappa shape index (κ1) is 22.1. The van der Waals surface area contributed by atoms with Crippen molar-refractivity contribution in [3.63, 3.8) is 0 Å². The number of carbonyl (C=O) groups is 1. The van der Waals surface area contributed by atoms with Crippen LogP contribution in [0.2, 0.25) is 0 Å². The van der Waals surface area contributed by atoms with Gasteiger partial charge in [-0.3, -0.25) is 9.59 Å². The molecule has 1 atom stereocenters. The summed E-state index contributed by atoms with van der Waals surface area (Å²) in [7, 11) is 0. The molecule has 1 amide bonds. The second-order valence-corrected chi connectivity index (χ2v) is 7.61. The molecule has 2 N–H and O–H groups in total. The van der Waals surface area contributed by atoms with Crippen LogP contribution in [0.15, 0.2) is 33.5 Å². The number of pyridine rings is 1. The minimum Gasteiger partial charge on any atom is -0.345 e. The number of benzene rings is 1. The lowest BCUT2D eigenvalue weighted by Gasteiger charge is -2.22. The predicted octanol–water partition coefficient (Wildman–Crippen LogP) is 4.59. The summed E-state index contributed by atoms with van der Waals surface area (Å²) < 4.78 is 15.0. The van der Waals surface area contributed by atoms with Gasteiger partial charge >= 0.3 is 0 Å². The van der Waals surface area contributed by atoms with E-state index in [2.05, 4.69) is 26.7 Å². The van der Waals surface area contributed by atoms with Gasteiger partial charge in [0.05, 0.1) is 21.8 Å². The van der Waals surface area contributed by atoms with Gasteiger partial charge in [0, 0.05) is 6.54 Å². The molecule has 0 spiro atoms. The van der Waals surface area contributed by atoms with Crippen LogP contribution in [0, 0.1) is 19.7 Å². The molecule has 0 saturated carbocycles. The van der Waals surface area contributed by atoms with Crippen molar-refractivity contribution in [1.82, 2.24) is 9.99 Å². The van der Waals surface area contributed by atoms with Crippen molar-refractivity contribution < 1.29 is 9.18 Å². The summed E-state index contributed by atoms with van der Waals surface area (Å²) in [4.78, 5) is 25.7. The standard InChI is InChI=1S/C21H27BrFN3O2/c1-5-7-17(15-8-10-16(23)11-9-15)25-20(27)18-13(3)19(22)21(28)26(14(18)4)24-12-6-2/h8-11,17,24H,5-7,12H2,1-4H3,(H,25,27). The van der Waals surface area contributed by atoms with Crippen LogP contribution < -0.4 is 16.3 Å². The van der Waals surface area contributed by atoms with E-state index in [9.17, 15) is 14.0 Å². The number of amides is 1. The SMILES string of the molecule is CCCNn1c(C)c(C(=O)NC(CCC)c2ccc(F)cc2)c(C)c(Br)c1=O. The Morgan fingerprint density at radius 3 is 2.39 bits per heavy atom. The van der Waals surface area contributed by atoms with E-state index < -0.39 is 0 Å². The van der Waals surface area contributed by atoms with Crippen LogP contribution in [0.1, 0.15) is 66.3 Å². The van der Waals surface area contributed by atoms with Gasteiger partial charge in [0.2, 0.25) is 0 Å². The lowest BCUT2D eigenvalue weighted by atomic mass is 10.0. The Labute approximate surface area is 173 Å². The molecule has 0 bridgehead atoms. The Bertz CT molecular complexity index is 894. The van der Waals surface area contributed by atoms with E-state index in [0.717, 1.165) is 24.8 Å². The van der Waals surface area contributed by atoms with Gasteiger partial charge in [-0.2, -0.15) is 0 Å². The van der Waals surface area contributed by atoms with Gasteiger partial charge in [-0.25, -0.2) is 9.07 Å². The maximum absolute atomic E-state index is 13.3. The van der Waals surface area contributed by atoms with Crippen molar-refractivity contribution in [2.45, 2.75) is 53.0 Å². The molecule has 152 valence electrons. The Kier molecular flexibility index (Phi) is 7.80. The zero-order valence-electron chi connectivity index (χ0n) is 16.7. The molecule has 0 fully saturated rings. The Morgan fingerprint density at radius 2 is 1.82 bits per heavy atom. The van der Waals surface area contributed by atoms with Crippen LogP contribution >= 0.6 is 15.9 Å². The molecule has 0 aliphatic rings. The molecule has 28 heavy (non-hydrogen) atoms. The molecule has 0 saturated heterocycles. The number of nitrogens with one attached hydrogen (secondary N) is 2. The van der Waals surface area contributed by atoms with Crippen LogP contribution in [0.4, 0.5) is 4.39 Å². The molecule has 0 radical (unpaired) electrons. The van der Waals surface area contributed by atoms with Crippen LogP contribution in [-0.4, -0.2) is 17.1 Å². The summed E-state index contributed by atoms with van der Waals surface area (Å²) in [6, 6.07) is 5.93. The number of rotatable bonds is 8. The number of halogens is 2. The summed E-state index contributed by atoms with van der Waals surface area (Å²) >= 11 is 3.33. The summed E-state index contributed by atoms with van der Waals surface area (Å²) in [5.41, 5.74) is 5.31. The Morgan fingerprint density at radius 1 is 1.18 bits per heavy atom. The molecule has 1 aromatic carbocycles. The quantitative estimate of drug-likeness (QED) is 0.616. The second-order valence-electron chi connectivity index (χ2n) is 6.81. The third kappa shape index (κ3) is 4.82. The number of carbonyl (C=O) groups excluding carboxylic acids is 1. The molecule has 7 heteroatoms. The van der Waals surface area contributed by atoms with Gasteiger partial charge in [-0.05, 0) is 65.9 Å². The molecule has 0 aliphatic heterocycles. The van der Waals surface area contributed by atoms with Crippen molar-refractivity contribution in [3.05, 3.63) is 67.3 Å². The number of nitrogens with zero attached hydrogens (tertiary/aromatic N) is 1. The first-order valence-corrected chi connectivity index (χ1v) is 10.3. The highest BCUT2D eigenvalue weighted by molar-refractivity contribution is 9.10. The topological polar surface area (TPSA) is 63.1 Å². The molecule has 5 nitrogen and oxygen atoms in total. The highest BCUT2D eigenvalue weighted by Gasteiger charge is 2.23. The molecular formula is C21H27BrFN3O2. The molecular weight excluding hydrogens is 425 g/mol. The van der Waals surface area contributed by atoms with E-state index in [1.165, 1.54) is 16.8 Å². The highest BCUT2D eigenvalue weighted by atomic mass is 79.9. The molecule has 1 aromatic heterocycles. The molecule has 0 aliphatic carbocycles. The lowest BCUT2D eigenvalue weighted by molar-refractivity contribution is 0.0932. The largest absolute Gasteiger partial charge is 0.345 e. The summed E-state index contributed by atoms with van der Waals surface area (Å²) in [5, 5.41) is 3.06. The first-order valence-electron chi connectivity index (χ1n) is 9.53. The molecule has 2 aromatic rings. The van der Waals surface area contributed by atoms with Crippen molar-refractivity contribution >= 4 is 21.8 Å². The first-order chi connectivity index (χ1) is 13.3. The van der Waals surface area contributed by atoms with Crippen molar-refractivity contribution in [1.29, 1.82) is 0 Å². The monoisotopic (exact) mass is 451 g/mol. The lowest BCUT2D eigenvalue weighted by Crippen LogP contribution is -2.37. The summed E-state index contributed by atoms with van der Waals surface area (Å²) in [6.07, 6.45) is 2.44. The van der Waals surface area contributed by atoms with E-state index in [1.807, 2.05) is 13.8 Å². The van der Waals surface area contributed by atoms with Crippen molar-refractivity contribution in [3.8, 4) is 0 Å². The average molecular weight is 452 g/mol. The van der Waals surface area contributed by atoms with Crippen LogP contribution in [-0.2, 0) is 0 Å². The number of hydrogen-bond donors (Lipinski definition) is 2. The maximum atomic E-state index is 13.3. The zero-order valence-corrected chi connectivity index (χ0v) is 18.3. The second kappa shape index (κ2) is 9.87. The van der Waals surface area contributed by atoms with Gasteiger partial charge in [0.25, 0.3) is 11.5 Å². The van der Waals surface area contributed by atoms with Gasteiger partial charge < -0.3 is 10.7 Å².